The van der Waals surface area contributed by atoms with E-state index in [-0.39, 0.29) is 11.6 Å². The highest BCUT2D eigenvalue weighted by Gasteiger charge is 2.12. The molecule has 0 saturated heterocycles. The van der Waals surface area contributed by atoms with Crippen molar-refractivity contribution >= 4 is 17.3 Å². The van der Waals surface area contributed by atoms with Crippen molar-refractivity contribution in [3.63, 3.8) is 0 Å². The fourth-order valence-electron chi connectivity index (χ4n) is 2.39. The number of amides is 1. The van der Waals surface area contributed by atoms with Crippen molar-refractivity contribution in [3.8, 4) is 5.75 Å². The SMILES string of the molecule is Cc1cccc(OCCCCC(=O)Nc2ccc(C)c([N+](=O)[O-])c2)c1. The monoisotopic (exact) mass is 342 g/mol. The first kappa shape index (κ1) is 18.4. The van der Waals surface area contributed by atoms with Gasteiger partial charge in [-0.15, -0.1) is 0 Å². The first-order valence-corrected chi connectivity index (χ1v) is 8.20. The van der Waals surface area contributed by atoms with E-state index in [9.17, 15) is 14.9 Å². The number of anilines is 1. The molecule has 0 radical (unpaired) electrons. The Kier molecular flexibility index (Phi) is 6.51. The van der Waals surface area contributed by atoms with Gasteiger partial charge in [-0.25, -0.2) is 0 Å². The number of rotatable bonds is 8. The van der Waals surface area contributed by atoms with Gasteiger partial charge in [0.15, 0.2) is 0 Å². The second-order valence-corrected chi connectivity index (χ2v) is 5.93. The van der Waals surface area contributed by atoms with E-state index in [1.807, 2.05) is 31.2 Å². The molecule has 6 nitrogen and oxygen atoms in total. The van der Waals surface area contributed by atoms with Crippen LogP contribution in [-0.2, 0) is 4.79 Å². The van der Waals surface area contributed by atoms with Crippen LogP contribution in [0.5, 0.6) is 5.75 Å². The molecule has 2 rings (SSSR count). The number of benzene rings is 2. The molecular formula is C19H22N2O4. The van der Waals surface area contributed by atoms with E-state index in [0.717, 1.165) is 17.7 Å². The second-order valence-electron chi connectivity index (χ2n) is 5.93. The fourth-order valence-corrected chi connectivity index (χ4v) is 2.39. The number of carbonyl (C=O) groups excluding carboxylic acids is 1. The molecule has 0 atom stereocenters. The Bertz CT molecular complexity index is 759. The lowest BCUT2D eigenvalue weighted by Crippen LogP contribution is -2.12. The lowest BCUT2D eigenvalue weighted by Gasteiger charge is -2.08. The topological polar surface area (TPSA) is 81.5 Å². The predicted molar refractivity (Wildman–Crippen MR) is 97.0 cm³/mol. The molecule has 2 aromatic rings. The summed E-state index contributed by atoms with van der Waals surface area (Å²) in [5.74, 6) is 0.671. The maximum Gasteiger partial charge on any atom is 0.274 e. The van der Waals surface area contributed by atoms with Crippen molar-refractivity contribution < 1.29 is 14.5 Å². The van der Waals surface area contributed by atoms with Crippen molar-refractivity contribution in [2.24, 2.45) is 0 Å². The Morgan fingerprint density at radius 3 is 2.68 bits per heavy atom. The average molecular weight is 342 g/mol. The van der Waals surface area contributed by atoms with Gasteiger partial charge >= 0.3 is 0 Å². The number of unbranched alkanes of at least 4 members (excludes halogenated alkanes) is 1. The average Bonchev–Trinajstić information content (AvgIpc) is 2.56. The lowest BCUT2D eigenvalue weighted by atomic mass is 10.1. The molecule has 0 fully saturated rings. The van der Waals surface area contributed by atoms with Crippen LogP contribution < -0.4 is 10.1 Å². The number of nitro groups is 1. The number of ether oxygens (including phenoxy) is 1. The molecule has 6 heteroatoms. The summed E-state index contributed by atoms with van der Waals surface area (Å²) in [5.41, 5.74) is 2.16. The van der Waals surface area contributed by atoms with E-state index in [2.05, 4.69) is 5.32 Å². The van der Waals surface area contributed by atoms with Crippen LogP contribution in [0.3, 0.4) is 0 Å². The highest BCUT2D eigenvalue weighted by molar-refractivity contribution is 5.91. The predicted octanol–water partition coefficient (Wildman–Crippen LogP) is 4.40. The molecule has 0 spiro atoms. The third-order valence-electron chi connectivity index (χ3n) is 3.75. The van der Waals surface area contributed by atoms with E-state index in [1.54, 1.807) is 19.1 Å². The summed E-state index contributed by atoms with van der Waals surface area (Å²) in [5, 5.41) is 13.6. The Labute approximate surface area is 147 Å². The Morgan fingerprint density at radius 1 is 1.16 bits per heavy atom. The van der Waals surface area contributed by atoms with Gasteiger partial charge in [0.05, 0.1) is 11.5 Å². The van der Waals surface area contributed by atoms with Crippen LogP contribution in [0, 0.1) is 24.0 Å². The number of nitrogens with one attached hydrogen (secondary N) is 1. The van der Waals surface area contributed by atoms with E-state index in [0.29, 0.717) is 30.7 Å². The standard InChI is InChI=1S/C19H22N2O4/c1-14-6-5-7-17(12-14)25-11-4-3-8-19(22)20-16-10-9-15(2)18(13-16)21(23)24/h5-7,9-10,12-13H,3-4,8,11H2,1-2H3,(H,20,22). The van der Waals surface area contributed by atoms with Gasteiger partial charge in [-0.2, -0.15) is 0 Å². The van der Waals surface area contributed by atoms with Crippen molar-refractivity contribution in [1.29, 1.82) is 0 Å². The Hall–Kier alpha value is -2.89. The van der Waals surface area contributed by atoms with Gasteiger partial charge in [-0.1, -0.05) is 18.2 Å². The summed E-state index contributed by atoms with van der Waals surface area (Å²) in [6.45, 7) is 4.22. The molecule has 0 unspecified atom stereocenters. The first-order chi connectivity index (χ1) is 12.0. The van der Waals surface area contributed by atoms with Crippen LogP contribution in [0.25, 0.3) is 0 Å². The summed E-state index contributed by atoms with van der Waals surface area (Å²) in [6.07, 6.45) is 1.79. The van der Waals surface area contributed by atoms with Crippen LogP contribution in [0.15, 0.2) is 42.5 Å². The highest BCUT2D eigenvalue weighted by atomic mass is 16.6. The number of hydrogen-bond donors (Lipinski definition) is 1. The molecule has 0 bridgehead atoms. The number of carbonyl (C=O) groups is 1. The van der Waals surface area contributed by atoms with Gasteiger partial charge in [-0.05, 0) is 50.5 Å². The van der Waals surface area contributed by atoms with E-state index >= 15 is 0 Å². The lowest BCUT2D eigenvalue weighted by molar-refractivity contribution is -0.385. The molecule has 0 heterocycles. The maximum atomic E-state index is 11.9. The van der Waals surface area contributed by atoms with Gasteiger partial charge in [0, 0.05) is 23.7 Å². The number of nitro benzene ring substituents is 1. The van der Waals surface area contributed by atoms with Crippen molar-refractivity contribution in [1.82, 2.24) is 0 Å². The highest BCUT2D eigenvalue weighted by Crippen LogP contribution is 2.22. The second kappa shape index (κ2) is 8.82. The molecule has 0 aromatic heterocycles. The molecule has 132 valence electrons. The Balaban J connectivity index is 1.72. The zero-order chi connectivity index (χ0) is 18.2. The van der Waals surface area contributed by atoms with E-state index < -0.39 is 4.92 Å². The molecule has 1 amide bonds. The minimum atomic E-state index is -0.451. The number of aryl methyl sites for hydroxylation is 2. The minimum Gasteiger partial charge on any atom is -0.494 e. The molecule has 0 saturated carbocycles. The zero-order valence-corrected chi connectivity index (χ0v) is 14.5. The van der Waals surface area contributed by atoms with Gasteiger partial charge in [-0.3, -0.25) is 14.9 Å². The normalized spacial score (nSPS) is 10.3. The third kappa shape index (κ3) is 5.91. The van der Waals surface area contributed by atoms with Crippen LogP contribution in [-0.4, -0.2) is 17.4 Å². The molecular weight excluding hydrogens is 320 g/mol. The maximum absolute atomic E-state index is 11.9. The van der Waals surface area contributed by atoms with Crippen molar-refractivity contribution in [3.05, 3.63) is 63.7 Å². The smallest absolute Gasteiger partial charge is 0.274 e. The van der Waals surface area contributed by atoms with Gasteiger partial charge in [0.2, 0.25) is 5.91 Å². The molecule has 0 aliphatic rings. The summed E-state index contributed by atoms with van der Waals surface area (Å²) < 4.78 is 5.64. The van der Waals surface area contributed by atoms with E-state index in [1.165, 1.54) is 6.07 Å². The van der Waals surface area contributed by atoms with E-state index in [4.69, 9.17) is 4.74 Å². The van der Waals surface area contributed by atoms with Crippen LogP contribution in [0.4, 0.5) is 11.4 Å². The molecule has 25 heavy (non-hydrogen) atoms. The molecule has 0 aliphatic heterocycles. The Morgan fingerprint density at radius 2 is 1.96 bits per heavy atom. The van der Waals surface area contributed by atoms with Gasteiger partial charge in [0.1, 0.15) is 5.75 Å². The zero-order valence-electron chi connectivity index (χ0n) is 14.5. The molecule has 2 aromatic carbocycles. The minimum absolute atomic E-state index is 0.00403. The largest absolute Gasteiger partial charge is 0.494 e. The quantitative estimate of drug-likeness (QED) is 0.438. The van der Waals surface area contributed by atoms with Gasteiger partial charge in [0.25, 0.3) is 5.69 Å². The number of nitrogens with zero attached hydrogens (tertiary/aromatic N) is 1. The molecule has 0 aliphatic carbocycles. The summed E-state index contributed by atoms with van der Waals surface area (Å²) >= 11 is 0. The summed E-state index contributed by atoms with van der Waals surface area (Å²) in [4.78, 5) is 22.4. The fraction of sp³-hybridized carbons (Fsp3) is 0.316. The van der Waals surface area contributed by atoms with Crippen molar-refractivity contribution in [2.75, 3.05) is 11.9 Å². The van der Waals surface area contributed by atoms with Crippen LogP contribution in [0.2, 0.25) is 0 Å². The number of hydrogen-bond acceptors (Lipinski definition) is 4. The summed E-state index contributed by atoms with van der Waals surface area (Å²) in [7, 11) is 0. The first-order valence-electron chi connectivity index (χ1n) is 8.20. The summed E-state index contributed by atoms with van der Waals surface area (Å²) in [6, 6.07) is 12.5. The van der Waals surface area contributed by atoms with Gasteiger partial charge < -0.3 is 10.1 Å². The van der Waals surface area contributed by atoms with Crippen LogP contribution in [0.1, 0.15) is 30.4 Å². The molecule has 1 N–H and O–H groups in total. The van der Waals surface area contributed by atoms with Crippen molar-refractivity contribution in [2.45, 2.75) is 33.1 Å². The van der Waals surface area contributed by atoms with Crippen LogP contribution >= 0.6 is 0 Å². The third-order valence-corrected chi connectivity index (χ3v) is 3.75.